The quantitative estimate of drug-likeness (QED) is 0.344. The highest BCUT2D eigenvalue weighted by Gasteiger charge is 2.13. The summed E-state index contributed by atoms with van der Waals surface area (Å²) < 4.78 is 0. The molecule has 0 aromatic carbocycles. The molecule has 0 aromatic heterocycles. The summed E-state index contributed by atoms with van der Waals surface area (Å²) in [5.74, 6) is -0.986. The second-order valence-corrected chi connectivity index (χ2v) is 1.74. The molecule has 0 heterocycles. The van der Waals surface area contributed by atoms with E-state index in [9.17, 15) is 9.59 Å². The number of rotatable bonds is 0. The van der Waals surface area contributed by atoms with E-state index in [2.05, 4.69) is 6.92 Å². The van der Waals surface area contributed by atoms with Crippen molar-refractivity contribution in [2.45, 2.75) is 0 Å². The molecule has 1 rings (SSSR count). The summed E-state index contributed by atoms with van der Waals surface area (Å²) in [4.78, 5) is 21.1. The van der Waals surface area contributed by atoms with Crippen molar-refractivity contribution in [1.82, 2.24) is 0 Å². The predicted octanol–water partition coefficient (Wildman–Crippen LogP) is 0.455. The van der Waals surface area contributed by atoms with Crippen LogP contribution in [0.2, 0.25) is 0 Å². The first-order valence-electron chi connectivity index (χ1n) is 2.51. The van der Waals surface area contributed by atoms with Crippen LogP contribution in [0.15, 0.2) is 23.8 Å². The number of ketones is 2. The lowest BCUT2D eigenvalue weighted by Gasteiger charge is -1.97. The molecule has 0 N–H and O–H groups in total. The largest absolute Gasteiger partial charge is 0.286 e. The molecule has 9 heavy (non-hydrogen) atoms. The second-order valence-electron chi connectivity index (χ2n) is 1.74. The van der Waals surface area contributed by atoms with Crippen molar-refractivity contribution in [1.29, 1.82) is 0 Å². The third-order valence-electron chi connectivity index (χ3n) is 1.06. The maximum atomic E-state index is 10.6. The van der Waals surface area contributed by atoms with Crippen LogP contribution in [0.25, 0.3) is 0 Å². The molecule has 45 valence electrons. The minimum absolute atomic E-state index is 0.266. The number of Topliss-reactive ketones (excluding diaryl/α,β-unsaturated/α-hetero) is 1. The smallest absolute Gasteiger partial charge is 0.228 e. The Kier molecular flexibility index (Phi) is 1.30. The molecule has 0 amide bonds. The van der Waals surface area contributed by atoms with Crippen LogP contribution in [0, 0.1) is 6.92 Å². The van der Waals surface area contributed by atoms with Crippen LogP contribution < -0.4 is 0 Å². The monoisotopic (exact) mass is 121 g/mol. The standard InChI is InChI=1S/C7H5O2/c1-5-3-2-4-6(8)7(5)9/h2-4H,1H2. The zero-order valence-corrected chi connectivity index (χ0v) is 4.76. The highest BCUT2D eigenvalue weighted by atomic mass is 16.2. The number of carbonyl (C=O) groups is 2. The average molecular weight is 121 g/mol. The fourth-order valence-corrected chi connectivity index (χ4v) is 0.561. The maximum absolute atomic E-state index is 10.6. The Morgan fingerprint density at radius 2 is 2.00 bits per heavy atom. The Bertz CT molecular complexity index is 221. The van der Waals surface area contributed by atoms with Crippen LogP contribution in [0.5, 0.6) is 0 Å². The first kappa shape index (κ1) is 5.95. The first-order valence-corrected chi connectivity index (χ1v) is 2.51. The maximum Gasteiger partial charge on any atom is 0.228 e. The van der Waals surface area contributed by atoms with Crippen molar-refractivity contribution in [3.63, 3.8) is 0 Å². The van der Waals surface area contributed by atoms with Gasteiger partial charge in [0.05, 0.1) is 0 Å². The van der Waals surface area contributed by atoms with Crippen LogP contribution >= 0.6 is 0 Å². The second kappa shape index (κ2) is 1.97. The van der Waals surface area contributed by atoms with Crippen LogP contribution in [0.3, 0.4) is 0 Å². The highest BCUT2D eigenvalue weighted by Crippen LogP contribution is 2.01. The zero-order chi connectivity index (χ0) is 6.85. The van der Waals surface area contributed by atoms with Gasteiger partial charge in [0.15, 0.2) is 0 Å². The minimum Gasteiger partial charge on any atom is -0.286 e. The van der Waals surface area contributed by atoms with E-state index < -0.39 is 11.6 Å². The number of allylic oxidation sites excluding steroid dienone is 4. The van der Waals surface area contributed by atoms with Gasteiger partial charge >= 0.3 is 0 Å². The Morgan fingerprint density at radius 1 is 1.33 bits per heavy atom. The van der Waals surface area contributed by atoms with Crippen molar-refractivity contribution in [2.75, 3.05) is 0 Å². The molecule has 0 aromatic rings. The van der Waals surface area contributed by atoms with Crippen molar-refractivity contribution < 1.29 is 9.59 Å². The molecule has 0 saturated carbocycles. The molecular formula is C7H5O2. The highest BCUT2D eigenvalue weighted by molar-refractivity contribution is 6.48. The van der Waals surface area contributed by atoms with Gasteiger partial charge in [0, 0.05) is 5.57 Å². The molecule has 0 atom stereocenters. The Balaban J connectivity index is 3.00. The number of hydrogen-bond acceptors (Lipinski definition) is 2. The number of carbonyl (C=O) groups excluding carboxylic acids is 2. The molecule has 2 heteroatoms. The Labute approximate surface area is 52.9 Å². The first-order chi connectivity index (χ1) is 4.22. The predicted molar refractivity (Wildman–Crippen MR) is 32.6 cm³/mol. The van der Waals surface area contributed by atoms with Gasteiger partial charge in [0.2, 0.25) is 11.6 Å². The normalized spacial score (nSPS) is 18.1. The fraction of sp³-hybridized carbons (Fsp3) is 0. The minimum atomic E-state index is -0.502. The van der Waals surface area contributed by atoms with Gasteiger partial charge in [-0.15, -0.1) is 0 Å². The van der Waals surface area contributed by atoms with E-state index in [1.54, 1.807) is 0 Å². The van der Waals surface area contributed by atoms with Crippen molar-refractivity contribution in [2.24, 2.45) is 0 Å². The van der Waals surface area contributed by atoms with Gasteiger partial charge in [0.25, 0.3) is 0 Å². The van der Waals surface area contributed by atoms with Gasteiger partial charge in [-0.1, -0.05) is 12.2 Å². The molecule has 0 saturated heterocycles. The summed E-state index contributed by atoms with van der Waals surface area (Å²) in [6.07, 6.45) is 4.27. The van der Waals surface area contributed by atoms with Gasteiger partial charge in [-0.3, -0.25) is 9.59 Å². The summed E-state index contributed by atoms with van der Waals surface area (Å²) in [7, 11) is 0. The van der Waals surface area contributed by atoms with E-state index in [4.69, 9.17) is 0 Å². The van der Waals surface area contributed by atoms with Crippen molar-refractivity contribution in [3.05, 3.63) is 30.7 Å². The third kappa shape index (κ3) is 0.964. The van der Waals surface area contributed by atoms with Crippen LogP contribution in [0.4, 0.5) is 0 Å². The molecule has 0 unspecified atom stereocenters. The summed E-state index contributed by atoms with van der Waals surface area (Å²) in [6, 6.07) is 0. The topological polar surface area (TPSA) is 34.1 Å². The van der Waals surface area contributed by atoms with Gasteiger partial charge in [-0.25, -0.2) is 0 Å². The van der Waals surface area contributed by atoms with E-state index in [0.29, 0.717) is 0 Å². The summed E-state index contributed by atoms with van der Waals surface area (Å²) in [6.45, 7) is 3.37. The lowest BCUT2D eigenvalue weighted by molar-refractivity contribution is -0.131. The molecule has 0 aliphatic heterocycles. The van der Waals surface area contributed by atoms with Crippen molar-refractivity contribution >= 4 is 11.6 Å². The van der Waals surface area contributed by atoms with E-state index in [1.807, 2.05) is 0 Å². The van der Waals surface area contributed by atoms with Crippen LogP contribution in [-0.4, -0.2) is 11.6 Å². The van der Waals surface area contributed by atoms with Crippen molar-refractivity contribution in [3.8, 4) is 0 Å². The molecule has 0 spiro atoms. The third-order valence-corrected chi connectivity index (χ3v) is 1.06. The fourth-order valence-electron chi connectivity index (χ4n) is 0.561. The van der Waals surface area contributed by atoms with Crippen LogP contribution in [0.1, 0.15) is 0 Å². The molecule has 0 bridgehead atoms. The lowest BCUT2D eigenvalue weighted by Crippen LogP contribution is -2.14. The SMILES string of the molecule is [CH2]C1=CC=CC(=O)C1=O. The zero-order valence-electron chi connectivity index (χ0n) is 4.76. The molecule has 1 radical (unpaired) electrons. The van der Waals surface area contributed by atoms with E-state index in [0.717, 1.165) is 0 Å². The van der Waals surface area contributed by atoms with Gasteiger partial charge in [-0.05, 0) is 13.0 Å². The van der Waals surface area contributed by atoms with Gasteiger partial charge in [-0.2, -0.15) is 0 Å². The summed E-state index contributed by atoms with van der Waals surface area (Å²) >= 11 is 0. The molecule has 2 nitrogen and oxygen atoms in total. The molecule has 1 aliphatic carbocycles. The Hall–Kier alpha value is -1.18. The van der Waals surface area contributed by atoms with E-state index in [1.165, 1.54) is 18.2 Å². The molecule has 1 aliphatic rings. The van der Waals surface area contributed by atoms with Crippen LogP contribution in [-0.2, 0) is 9.59 Å². The Morgan fingerprint density at radius 3 is 2.44 bits per heavy atom. The van der Waals surface area contributed by atoms with E-state index >= 15 is 0 Å². The van der Waals surface area contributed by atoms with Gasteiger partial charge in [0.1, 0.15) is 0 Å². The summed E-state index contributed by atoms with van der Waals surface area (Å²) in [5.41, 5.74) is 0.266. The van der Waals surface area contributed by atoms with Gasteiger partial charge < -0.3 is 0 Å². The lowest BCUT2D eigenvalue weighted by atomic mass is 10.0. The molecule has 0 fully saturated rings. The molecular weight excluding hydrogens is 116 g/mol. The number of hydrogen-bond donors (Lipinski definition) is 0. The average Bonchev–Trinajstić information content (AvgIpc) is 1.83. The van der Waals surface area contributed by atoms with E-state index in [-0.39, 0.29) is 5.57 Å². The summed E-state index contributed by atoms with van der Waals surface area (Å²) in [5, 5.41) is 0.